The minimum atomic E-state index is -0.300. The van der Waals surface area contributed by atoms with Gasteiger partial charge in [0.1, 0.15) is 5.82 Å². The van der Waals surface area contributed by atoms with E-state index < -0.39 is 0 Å². The number of oxazole rings is 1. The van der Waals surface area contributed by atoms with Gasteiger partial charge in [-0.25, -0.2) is 9.37 Å². The third kappa shape index (κ3) is 4.71. The van der Waals surface area contributed by atoms with Crippen LogP contribution in [0, 0.1) is 5.82 Å². The minimum Gasteiger partial charge on any atom is -0.441 e. The highest BCUT2D eigenvalue weighted by Crippen LogP contribution is 2.24. The van der Waals surface area contributed by atoms with Gasteiger partial charge in [-0.2, -0.15) is 0 Å². The molecule has 1 aromatic carbocycles. The lowest BCUT2D eigenvalue weighted by Crippen LogP contribution is -2.30. The highest BCUT2D eigenvalue weighted by Gasteiger charge is 2.15. The molecule has 0 atom stereocenters. The molecule has 2 aromatic heterocycles. The Morgan fingerprint density at radius 3 is 2.69 bits per heavy atom. The van der Waals surface area contributed by atoms with Gasteiger partial charge >= 0.3 is 0 Å². The normalized spacial score (nSPS) is 10.9. The summed E-state index contributed by atoms with van der Waals surface area (Å²) in [6.07, 6.45) is 2.33. The lowest BCUT2D eigenvalue weighted by atomic mass is 10.2. The predicted octanol–water partition coefficient (Wildman–Crippen LogP) is 5.18. The molecule has 2 heterocycles. The van der Waals surface area contributed by atoms with Gasteiger partial charge in [0.25, 0.3) is 0 Å². The van der Waals surface area contributed by atoms with Crippen molar-refractivity contribution in [2.75, 3.05) is 6.54 Å². The van der Waals surface area contributed by atoms with Crippen molar-refractivity contribution >= 4 is 28.8 Å². The lowest BCUT2D eigenvalue weighted by molar-refractivity contribution is -0.131. The Kier molecular flexibility index (Phi) is 6.06. The highest BCUT2D eigenvalue weighted by molar-refractivity contribution is 7.16. The van der Waals surface area contributed by atoms with Crippen LogP contribution in [0.1, 0.15) is 24.1 Å². The molecule has 0 radical (unpaired) electrons. The second-order valence-electron chi connectivity index (χ2n) is 5.74. The monoisotopic (exact) mass is 392 g/mol. The van der Waals surface area contributed by atoms with Gasteiger partial charge in [0.2, 0.25) is 5.91 Å². The van der Waals surface area contributed by atoms with E-state index in [-0.39, 0.29) is 11.7 Å². The smallest absolute Gasteiger partial charge is 0.223 e. The van der Waals surface area contributed by atoms with Gasteiger partial charge in [-0.1, -0.05) is 11.6 Å². The van der Waals surface area contributed by atoms with Crippen LogP contribution in [-0.2, 0) is 17.8 Å². The maximum Gasteiger partial charge on any atom is 0.223 e. The fraction of sp³-hybridized carbons (Fsp3) is 0.263. The van der Waals surface area contributed by atoms with Crippen LogP contribution in [0.2, 0.25) is 4.34 Å². The number of aryl methyl sites for hydroxylation is 1. The summed E-state index contributed by atoms with van der Waals surface area (Å²) in [6.45, 7) is 3.13. The summed E-state index contributed by atoms with van der Waals surface area (Å²) in [5.74, 6) is 0.797. The third-order valence-corrected chi connectivity index (χ3v) is 5.16. The molecule has 7 heteroatoms. The molecule has 0 aliphatic heterocycles. The van der Waals surface area contributed by atoms with Crippen LogP contribution < -0.4 is 0 Å². The summed E-state index contributed by atoms with van der Waals surface area (Å²) < 4.78 is 19.4. The average Bonchev–Trinajstić information content (AvgIpc) is 3.27. The van der Waals surface area contributed by atoms with Crippen LogP contribution in [0.15, 0.2) is 47.0 Å². The summed E-state index contributed by atoms with van der Waals surface area (Å²) in [5, 5.41) is 0. The van der Waals surface area contributed by atoms with Crippen LogP contribution in [0.3, 0.4) is 0 Å². The molecule has 0 unspecified atom stereocenters. The first-order chi connectivity index (χ1) is 12.5. The fourth-order valence-electron chi connectivity index (χ4n) is 2.55. The van der Waals surface area contributed by atoms with Crippen LogP contribution in [0.5, 0.6) is 0 Å². The van der Waals surface area contributed by atoms with E-state index in [0.29, 0.717) is 37.6 Å². The Bertz CT molecular complexity index is 876. The number of hydrogen-bond donors (Lipinski definition) is 0. The SMILES string of the molecule is CCN(Cc1ccc(Cl)s1)C(=O)CCc1ncc(-c2ccc(F)cc2)o1. The summed E-state index contributed by atoms with van der Waals surface area (Å²) in [7, 11) is 0. The molecule has 4 nitrogen and oxygen atoms in total. The maximum absolute atomic E-state index is 13.0. The molecule has 0 spiro atoms. The average molecular weight is 393 g/mol. The molecule has 136 valence electrons. The lowest BCUT2D eigenvalue weighted by Gasteiger charge is -2.19. The van der Waals surface area contributed by atoms with Crippen LogP contribution in [-0.4, -0.2) is 22.3 Å². The molecule has 0 aliphatic carbocycles. The first-order valence-electron chi connectivity index (χ1n) is 8.27. The second kappa shape index (κ2) is 8.47. The summed E-state index contributed by atoms with van der Waals surface area (Å²) in [6, 6.07) is 9.79. The fourth-order valence-corrected chi connectivity index (χ4v) is 3.65. The van der Waals surface area contributed by atoms with Gasteiger partial charge < -0.3 is 9.32 Å². The first-order valence-corrected chi connectivity index (χ1v) is 9.47. The molecule has 0 saturated carbocycles. The second-order valence-corrected chi connectivity index (χ2v) is 7.54. The third-order valence-electron chi connectivity index (χ3n) is 3.95. The number of rotatable bonds is 7. The molecule has 0 fully saturated rings. The van der Waals surface area contributed by atoms with Crippen molar-refractivity contribution in [1.82, 2.24) is 9.88 Å². The molecule has 26 heavy (non-hydrogen) atoms. The summed E-state index contributed by atoms with van der Waals surface area (Å²) in [4.78, 5) is 19.5. The Hall–Kier alpha value is -2.18. The summed E-state index contributed by atoms with van der Waals surface area (Å²) >= 11 is 7.42. The van der Waals surface area contributed by atoms with Crippen LogP contribution >= 0.6 is 22.9 Å². The molecule has 3 rings (SSSR count). The molecule has 1 amide bonds. The Labute approximate surface area is 160 Å². The maximum atomic E-state index is 13.0. The van der Waals surface area contributed by atoms with E-state index in [2.05, 4.69) is 4.98 Å². The molecule has 3 aromatic rings. The zero-order valence-electron chi connectivity index (χ0n) is 14.2. The van der Waals surface area contributed by atoms with Crippen molar-refractivity contribution in [1.29, 1.82) is 0 Å². The highest BCUT2D eigenvalue weighted by atomic mass is 35.5. The van der Waals surface area contributed by atoms with Gasteiger partial charge in [0.15, 0.2) is 11.7 Å². The number of benzene rings is 1. The first kappa shape index (κ1) is 18.6. The summed E-state index contributed by atoms with van der Waals surface area (Å²) in [5.41, 5.74) is 0.751. The van der Waals surface area contributed by atoms with Gasteiger partial charge in [-0.05, 0) is 43.3 Å². The molecular formula is C19H18ClFN2O2S. The molecular weight excluding hydrogens is 375 g/mol. The standard InChI is InChI=1S/C19H18ClFN2O2S/c1-2-23(12-15-7-8-17(20)26-15)19(24)10-9-18-22-11-16(25-18)13-3-5-14(21)6-4-13/h3-8,11H,2,9-10,12H2,1H3. The van der Waals surface area contributed by atoms with Crippen molar-refractivity contribution in [3.63, 3.8) is 0 Å². The van der Waals surface area contributed by atoms with E-state index in [1.54, 1.807) is 23.2 Å². The van der Waals surface area contributed by atoms with Crippen molar-refractivity contribution in [2.24, 2.45) is 0 Å². The van der Waals surface area contributed by atoms with E-state index in [1.807, 2.05) is 19.1 Å². The number of nitrogens with zero attached hydrogens (tertiary/aromatic N) is 2. The number of carbonyl (C=O) groups excluding carboxylic acids is 1. The van der Waals surface area contributed by atoms with Gasteiger partial charge in [0, 0.05) is 29.8 Å². The number of thiophene rings is 1. The Morgan fingerprint density at radius 1 is 1.27 bits per heavy atom. The number of halogens is 2. The van der Waals surface area contributed by atoms with E-state index in [1.165, 1.54) is 23.5 Å². The van der Waals surface area contributed by atoms with E-state index in [4.69, 9.17) is 16.0 Å². The van der Waals surface area contributed by atoms with E-state index in [0.717, 1.165) is 14.8 Å². The minimum absolute atomic E-state index is 0.0403. The van der Waals surface area contributed by atoms with Crippen molar-refractivity contribution in [2.45, 2.75) is 26.3 Å². The quantitative estimate of drug-likeness (QED) is 0.556. The van der Waals surface area contributed by atoms with Crippen molar-refractivity contribution < 1.29 is 13.6 Å². The number of carbonyl (C=O) groups is 1. The zero-order valence-corrected chi connectivity index (χ0v) is 15.8. The van der Waals surface area contributed by atoms with Gasteiger partial charge in [-0.15, -0.1) is 11.3 Å². The van der Waals surface area contributed by atoms with Crippen molar-refractivity contribution in [3.8, 4) is 11.3 Å². The largest absolute Gasteiger partial charge is 0.441 e. The van der Waals surface area contributed by atoms with E-state index >= 15 is 0 Å². The predicted molar refractivity (Wildman–Crippen MR) is 101 cm³/mol. The zero-order chi connectivity index (χ0) is 18.5. The van der Waals surface area contributed by atoms with Gasteiger partial charge in [-0.3, -0.25) is 4.79 Å². The Morgan fingerprint density at radius 2 is 2.04 bits per heavy atom. The number of hydrogen-bond acceptors (Lipinski definition) is 4. The van der Waals surface area contributed by atoms with E-state index in [9.17, 15) is 9.18 Å². The van der Waals surface area contributed by atoms with Gasteiger partial charge in [0.05, 0.1) is 17.1 Å². The number of amides is 1. The van der Waals surface area contributed by atoms with Crippen LogP contribution in [0.25, 0.3) is 11.3 Å². The molecule has 0 bridgehead atoms. The van der Waals surface area contributed by atoms with Crippen molar-refractivity contribution in [3.05, 3.63) is 63.5 Å². The molecule has 0 aliphatic rings. The molecule has 0 saturated heterocycles. The number of aromatic nitrogens is 1. The Balaban J connectivity index is 1.57. The van der Waals surface area contributed by atoms with Crippen LogP contribution in [0.4, 0.5) is 4.39 Å². The molecule has 0 N–H and O–H groups in total. The topological polar surface area (TPSA) is 46.3 Å².